The number of rotatable bonds is 8. The van der Waals surface area contributed by atoms with Gasteiger partial charge in [-0.15, -0.1) is 0 Å². The first-order valence-electron chi connectivity index (χ1n) is 10.1. The summed E-state index contributed by atoms with van der Waals surface area (Å²) in [6.07, 6.45) is 0.681. The van der Waals surface area contributed by atoms with Crippen LogP contribution in [-0.2, 0) is 17.9 Å². The van der Waals surface area contributed by atoms with Crippen molar-refractivity contribution in [3.63, 3.8) is 0 Å². The third-order valence-corrected chi connectivity index (χ3v) is 5.04. The molecule has 3 rings (SSSR count). The van der Waals surface area contributed by atoms with E-state index < -0.39 is 11.6 Å². The Labute approximate surface area is 180 Å². The second-order valence-electron chi connectivity index (χ2n) is 7.64. The van der Waals surface area contributed by atoms with Gasteiger partial charge in [0.25, 0.3) is 5.56 Å². The van der Waals surface area contributed by atoms with E-state index in [2.05, 4.69) is 5.32 Å². The van der Waals surface area contributed by atoms with Crippen molar-refractivity contribution in [2.45, 2.75) is 33.4 Å². The number of fused-ring (bicyclic) bond motifs is 1. The van der Waals surface area contributed by atoms with Crippen molar-refractivity contribution in [2.75, 3.05) is 19.5 Å². The minimum absolute atomic E-state index is 0.248. The van der Waals surface area contributed by atoms with Crippen LogP contribution >= 0.6 is 0 Å². The maximum atomic E-state index is 13.1. The summed E-state index contributed by atoms with van der Waals surface area (Å²) in [6.45, 7) is 4.10. The second-order valence-corrected chi connectivity index (χ2v) is 7.64. The minimum atomic E-state index is -0.503. The number of anilines is 1. The van der Waals surface area contributed by atoms with E-state index in [1.807, 2.05) is 13.8 Å². The number of carbonyl (C=O) groups is 1. The summed E-state index contributed by atoms with van der Waals surface area (Å²) in [4.78, 5) is 38.8. The normalized spacial score (nSPS) is 11.0. The molecule has 0 bridgehead atoms. The Bertz CT molecular complexity index is 1210. The highest BCUT2D eigenvalue weighted by Crippen LogP contribution is 2.28. The van der Waals surface area contributed by atoms with Gasteiger partial charge in [-0.2, -0.15) is 0 Å². The Morgan fingerprint density at radius 2 is 1.77 bits per heavy atom. The van der Waals surface area contributed by atoms with Gasteiger partial charge < -0.3 is 14.8 Å². The van der Waals surface area contributed by atoms with Gasteiger partial charge in [0, 0.05) is 12.6 Å². The summed E-state index contributed by atoms with van der Waals surface area (Å²) in [6, 6.07) is 11.9. The molecule has 8 nitrogen and oxygen atoms in total. The van der Waals surface area contributed by atoms with Crippen molar-refractivity contribution >= 4 is 22.5 Å². The molecule has 0 spiro atoms. The Kier molecular flexibility index (Phi) is 6.79. The lowest BCUT2D eigenvalue weighted by molar-refractivity contribution is -0.116. The van der Waals surface area contributed by atoms with E-state index in [0.29, 0.717) is 47.0 Å². The zero-order chi connectivity index (χ0) is 22.5. The van der Waals surface area contributed by atoms with Crippen LogP contribution in [0.1, 0.15) is 20.3 Å². The number of aromatic nitrogens is 2. The molecule has 0 aliphatic heterocycles. The second kappa shape index (κ2) is 9.51. The fraction of sp³-hybridized carbons (Fsp3) is 0.348. The zero-order valence-corrected chi connectivity index (χ0v) is 18.2. The number of amides is 1. The van der Waals surface area contributed by atoms with Crippen molar-refractivity contribution < 1.29 is 14.3 Å². The van der Waals surface area contributed by atoms with Gasteiger partial charge in [0.1, 0.15) is 18.0 Å². The smallest absolute Gasteiger partial charge is 0.331 e. The number of benzene rings is 2. The van der Waals surface area contributed by atoms with Crippen LogP contribution in [0.5, 0.6) is 11.5 Å². The maximum Gasteiger partial charge on any atom is 0.331 e. The summed E-state index contributed by atoms with van der Waals surface area (Å²) in [5, 5.41) is 3.17. The van der Waals surface area contributed by atoms with Gasteiger partial charge >= 0.3 is 5.69 Å². The molecule has 31 heavy (non-hydrogen) atoms. The van der Waals surface area contributed by atoms with Gasteiger partial charge in [0.15, 0.2) is 0 Å². The third kappa shape index (κ3) is 4.79. The molecular weight excluding hydrogens is 398 g/mol. The molecule has 164 valence electrons. The van der Waals surface area contributed by atoms with Gasteiger partial charge in [0.2, 0.25) is 5.91 Å². The number of hydrogen-bond donors (Lipinski definition) is 1. The van der Waals surface area contributed by atoms with E-state index in [4.69, 9.17) is 9.47 Å². The van der Waals surface area contributed by atoms with Crippen LogP contribution < -0.4 is 26.0 Å². The SMILES string of the molecule is COc1ccc(OC)c(NC(=O)Cn2c(=O)n(CCC(C)C)c(=O)c3ccccc32)c1. The highest BCUT2D eigenvalue weighted by atomic mass is 16.5. The molecule has 1 amide bonds. The molecule has 0 aliphatic rings. The number of ether oxygens (including phenoxy) is 2. The third-order valence-electron chi connectivity index (χ3n) is 5.04. The first-order valence-corrected chi connectivity index (χ1v) is 10.1. The maximum absolute atomic E-state index is 13.1. The molecule has 0 saturated heterocycles. The van der Waals surface area contributed by atoms with Gasteiger partial charge in [-0.3, -0.25) is 18.7 Å². The Morgan fingerprint density at radius 1 is 1.03 bits per heavy atom. The topological polar surface area (TPSA) is 91.6 Å². The van der Waals surface area contributed by atoms with E-state index in [1.54, 1.807) is 42.5 Å². The molecule has 1 heterocycles. The number of para-hydroxylation sites is 1. The Morgan fingerprint density at radius 3 is 2.45 bits per heavy atom. The highest BCUT2D eigenvalue weighted by Gasteiger charge is 2.16. The van der Waals surface area contributed by atoms with Gasteiger partial charge in [-0.1, -0.05) is 26.0 Å². The van der Waals surface area contributed by atoms with Crippen molar-refractivity contribution in [2.24, 2.45) is 5.92 Å². The molecule has 8 heteroatoms. The number of nitrogens with one attached hydrogen (secondary N) is 1. The van der Waals surface area contributed by atoms with E-state index in [0.717, 1.165) is 0 Å². The van der Waals surface area contributed by atoms with E-state index >= 15 is 0 Å². The van der Waals surface area contributed by atoms with Crippen LogP contribution in [0, 0.1) is 5.92 Å². The quantitative estimate of drug-likeness (QED) is 0.599. The van der Waals surface area contributed by atoms with Crippen LogP contribution in [0.4, 0.5) is 5.69 Å². The first-order chi connectivity index (χ1) is 14.8. The van der Waals surface area contributed by atoms with Gasteiger partial charge in [0.05, 0.1) is 30.8 Å². The summed E-state index contributed by atoms with van der Waals surface area (Å²) >= 11 is 0. The van der Waals surface area contributed by atoms with Crippen molar-refractivity contribution in [3.05, 3.63) is 63.3 Å². The predicted molar refractivity (Wildman–Crippen MR) is 120 cm³/mol. The first kappa shape index (κ1) is 22.1. The average Bonchev–Trinajstić information content (AvgIpc) is 2.76. The standard InChI is InChI=1S/C23H27N3O5/c1-15(2)11-12-25-22(28)17-7-5-6-8-19(17)26(23(25)29)14-21(27)24-18-13-16(30-3)9-10-20(18)31-4/h5-10,13,15H,11-12,14H2,1-4H3,(H,24,27). The molecule has 0 atom stereocenters. The molecule has 0 unspecified atom stereocenters. The van der Waals surface area contributed by atoms with Crippen LogP contribution in [-0.4, -0.2) is 29.3 Å². The van der Waals surface area contributed by atoms with E-state index in [1.165, 1.54) is 23.4 Å². The molecule has 2 aromatic carbocycles. The fourth-order valence-electron chi connectivity index (χ4n) is 3.35. The molecule has 0 fully saturated rings. The number of nitrogens with zero attached hydrogens (tertiary/aromatic N) is 2. The molecule has 0 aliphatic carbocycles. The lowest BCUT2D eigenvalue weighted by Gasteiger charge is -2.16. The Balaban J connectivity index is 2.00. The van der Waals surface area contributed by atoms with Gasteiger partial charge in [-0.05, 0) is 36.6 Å². The summed E-state index contributed by atoms with van der Waals surface area (Å²) in [5.74, 6) is 0.928. The predicted octanol–water partition coefficient (Wildman–Crippen LogP) is 2.87. The van der Waals surface area contributed by atoms with E-state index in [9.17, 15) is 14.4 Å². The van der Waals surface area contributed by atoms with E-state index in [-0.39, 0.29) is 12.1 Å². The summed E-state index contributed by atoms with van der Waals surface area (Å²) < 4.78 is 13.0. The van der Waals surface area contributed by atoms with Crippen molar-refractivity contribution in [3.8, 4) is 11.5 Å². The molecule has 0 radical (unpaired) electrons. The van der Waals surface area contributed by atoms with Crippen LogP contribution in [0.3, 0.4) is 0 Å². The van der Waals surface area contributed by atoms with Crippen LogP contribution in [0.25, 0.3) is 10.9 Å². The Hall–Kier alpha value is -3.55. The van der Waals surface area contributed by atoms with Crippen LogP contribution in [0.2, 0.25) is 0 Å². The molecule has 1 aromatic heterocycles. The number of hydrogen-bond acceptors (Lipinski definition) is 5. The van der Waals surface area contributed by atoms with Gasteiger partial charge in [-0.25, -0.2) is 4.79 Å². The number of carbonyl (C=O) groups excluding carboxylic acids is 1. The van der Waals surface area contributed by atoms with Crippen LogP contribution in [0.15, 0.2) is 52.1 Å². The van der Waals surface area contributed by atoms with Crippen molar-refractivity contribution in [1.29, 1.82) is 0 Å². The monoisotopic (exact) mass is 425 g/mol. The molecular formula is C23H27N3O5. The average molecular weight is 425 g/mol. The highest BCUT2D eigenvalue weighted by molar-refractivity contribution is 5.93. The number of methoxy groups -OCH3 is 2. The fourth-order valence-corrected chi connectivity index (χ4v) is 3.35. The lowest BCUT2D eigenvalue weighted by Crippen LogP contribution is -2.42. The molecule has 0 saturated carbocycles. The largest absolute Gasteiger partial charge is 0.497 e. The molecule has 1 N–H and O–H groups in total. The van der Waals surface area contributed by atoms with Crippen molar-refractivity contribution in [1.82, 2.24) is 9.13 Å². The minimum Gasteiger partial charge on any atom is -0.497 e. The summed E-state index contributed by atoms with van der Waals surface area (Å²) in [7, 11) is 3.03. The molecule has 3 aromatic rings. The zero-order valence-electron chi connectivity index (χ0n) is 18.2. The lowest BCUT2D eigenvalue weighted by atomic mass is 10.1. The summed E-state index contributed by atoms with van der Waals surface area (Å²) in [5.41, 5.74) is 0.00729.